The number of amides is 1. The summed E-state index contributed by atoms with van der Waals surface area (Å²) in [7, 11) is 0. The van der Waals surface area contributed by atoms with Gasteiger partial charge in [-0.3, -0.25) is 4.98 Å². The van der Waals surface area contributed by atoms with Gasteiger partial charge in [-0.25, -0.2) is 4.79 Å². The molecule has 31 heavy (non-hydrogen) atoms. The van der Waals surface area contributed by atoms with Crippen molar-refractivity contribution in [1.29, 1.82) is 0 Å². The van der Waals surface area contributed by atoms with Crippen molar-refractivity contribution < 1.29 is 24.5 Å². The van der Waals surface area contributed by atoms with Gasteiger partial charge in [-0.05, 0) is 45.2 Å². The summed E-state index contributed by atoms with van der Waals surface area (Å²) in [4.78, 5) is 18.3. The van der Waals surface area contributed by atoms with Crippen molar-refractivity contribution in [3.63, 3.8) is 0 Å². The summed E-state index contributed by atoms with van der Waals surface area (Å²) in [6.07, 6.45) is 1.14. The average molecular weight is 429 g/mol. The molecule has 168 valence electrons. The topological polar surface area (TPSA) is 92.1 Å². The molecule has 2 aromatic rings. The summed E-state index contributed by atoms with van der Waals surface area (Å²) in [5.74, 6) is 0.604. The third kappa shape index (κ3) is 5.95. The van der Waals surface area contributed by atoms with Crippen LogP contribution in [0.5, 0.6) is 5.75 Å². The number of ether oxygens (including phenoxy) is 2. The highest BCUT2D eigenvalue weighted by atomic mass is 16.6. The molecule has 2 N–H and O–H groups in total. The van der Waals surface area contributed by atoms with Gasteiger partial charge in [0.25, 0.3) is 0 Å². The maximum Gasteiger partial charge on any atom is 0.410 e. The lowest BCUT2D eigenvalue weighted by Crippen LogP contribution is -2.48. The summed E-state index contributed by atoms with van der Waals surface area (Å²) in [6, 6.07) is 13.3. The van der Waals surface area contributed by atoms with E-state index in [0.717, 1.165) is 5.56 Å². The van der Waals surface area contributed by atoms with Crippen LogP contribution in [0.15, 0.2) is 48.7 Å². The predicted molar refractivity (Wildman–Crippen MR) is 117 cm³/mol. The number of hydrogen-bond donors (Lipinski definition) is 2. The van der Waals surface area contributed by atoms with E-state index >= 15 is 0 Å². The highest BCUT2D eigenvalue weighted by Crippen LogP contribution is 2.42. The molecule has 0 bridgehead atoms. The fourth-order valence-corrected chi connectivity index (χ4v) is 3.70. The highest BCUT2D eigenvalue weighted by Gasteiger charge is 2.43. The summed E-state index contributed by atoms with van der Waals surface area (Å²) < 4.78 is 11.3. The summed E-state index contributed by atoms with van der Waals surface area (Å²) in [5.41, 5.74) is 0.156. The maximum atomic E-state index is 12.3. The number of aromatic nitrogens is 1. The molecule has 0 radical (unpaired) electrons. The standard InChI is InChI=1S/C24H32N2O5/c1-23(2,3)31-22(29)26-13-10-24(17-27,11-14-26)21(28)20-15-19(9-12-25-20)30-16-18-7-5-4-6-8-18/h4-9,12,15,21,27-28H,10-11,13-14,16-17H2,1-3H3. The van der Waals surface area contributed by atoms with Crippen LogP contribution >= 0.6 is 0 Å². The van der Waals surface area contributed by atoms with E-state index in [4.69, 9.17) is 9.47 Å². The molecule has 0 aliphatic carbocycles. The van der Waals surface area contributed by atoms with Crippen LogP contribution in [0, 0.1) is 5.41 Å². The fourth-order valence-electron chi connectivity index (χ4n) is 3.70. The number of rotatable bonds is 6. The zero-order valence-electron chi connectivity index (χ0n) is 18.5. The number of aliphatic hydroxyl groups excluding tert-OH is 2. The Bertz CT molecular complexity index is 858. The molecule has 0 saturated carbocycles. The molecule has 7 nitrogen and oxygen atoms in total. The Hall–Kier alpha value is -2.64. The Morgan fingerprint density at radius 1 is 1.19 bits per heavy atom. The number of piperidine rings is 1. The minimum absolute atomic E-state index is 0.201. The Balaban J connectivity index is 1.65. The second kappa shape index (κ2) is 9.66. The first kappa shape index (κ1) is 23.0. The lowest BCUT2D eigenvalue weighted by Gasteiger charge is -2.43. The van der Waals surface area contributed by atoms with Gasteiger partial charge in [0.2, 0.25) is 0 Å². The molecule has 1 aliphatic rings. The number of carbonyl (C=O) groups excluding carboxylic acids is 1. The molecule has 1 amide bonds. The first-order valence-electron chi connectivity index (χ1n) is 10.6. The monoisotopic (exact) mass is 428 g/mol. The molecule has 1 aliphatic heterocycles. The number of carbonyl (C=O) groups is 1. The second-order valence-corrected chi connectivity index (χ2v) is 9.08. The van der Waals surface area contributed by atoms with E-state index in [0.29, 0.717) is 44.0 Å². The molecule has 1 saturated heterocycles. The summed E-state index contributed by atoms with van der Waals surface area (Å²) in [6.45, 7) is 6.50. The van der Waals surface area contributed by atoms with Crippen LogP contribution in [-0.2, 0) is 11.3 Å². The molecule has 1 atom stereocenters. The SMILES string of the molecule is CC(C)(C)OC(=O)N1CCC(CO)(C(O)c2cc(OCc3ccccc3)ccn2)CC1. The third-order valence-corrected chi connectivity index (χ3v) is 5.59. The molecular formula is C24H32N2O5. The van der Waals surface area contributed by atoms with Crippen molar-refractivity contribution in [2.24, 2.45) is 5.41 Å². The maximum absolute atomic E-state index is 12.3. The number of nitrogens with zero attached hydrogens (tertiary/aromatic N) is 2. The van der Waals surface area contributed by atoms with Crippen molar-refractivity contribution in [2.75, 3.05) is 19.7 Å². The van der Waals surface area contributed by atoms with Crippen LogP contribution in [0.3, 0.4) is 0 Å². The molecule has 0 spiro atoms. The molecule has 3 rings (SSSR count). The van der Waals surface area contributed by atoms with Crippen molar-refractivity contribution in [2.45, 2.75) is 51.9 Å². The molecule has 2 heterocycles. The van der Waals surface area contributed by atoms with Gasteiger partial charge in [0.15, 0.2) is 0 Å². The first-order chi connectivity index (χ1) is 14.7. The molecule has 7 heteroatoms. The number of aliphatic hydroxyl groups is 2. The summed E-state index contributed by atoms with van der Waals surface area (Å²) in [5, 5.41) is 21.3. The quantitative estimate of drug-likeness (QED) is 0.729. The van der Waals surface area contributed by atoms with Crippen LogP contribution in [0.25, 0.3) is 0 Å². The Morgan fingerprint density at radius 2 is 1.87 bits per heavy atom. The minimum Gasteiger partial charge on any atom is -0.489 e. The van der Waals surface area contributed by atoms with E-state index in [1.807, 2.05) is 51.1 Å². The predicted octanol–water partition coefficient (Wildman–Crippen LogP) is 3.70. The lowest BCUT2D eigenvalue weighted by atomic mass is 9.73. The van der Waals surface area contributed by atoms with Gasteiger partial charge < -0.3 is 24.6 Å². The molecular weight excluding hydrogens is 396 g/mol. The molecule has 1 unspecified atom stereocenters. The Labute approximate surface area is 183 Å². The van der Waals surface area contributed by atoms with Crippen molar-refractivity contribution >= 4 is 6.09 Å². The number of hydrogen-bond acceptors (Lipinski definition) is 6. The zero-order valence-corrected chi connectivity index (χ0v) is 18.5. The third-order valence-electron chi connectivity index (χ3n) is 5.59. The van der Waals surface area contributed by atoms with Crippen LogP contribution in [0.1, 0.15) is 51.0 Å². The zero-order chi connectivity index (χ0) is 22.5. The first-order valence-corrected chi connectivity index (χ1v) is 10.6. The van der Waals surface area contributed by atoms with Gasteiger partial charge in [0.1, 0.15) is 24.1 Å². The van der Waals surface area contributed by atoms with Gasteiger partial charge in [-0.15, -0.1) is 0 Å². The van der Waals surface area contributed by atoms with E-state index in [-0.39, 0.29) is 12.7 Å². The Morgan fingerprint density at radius 3 is 2.48 bits per heavy atom. The number of benzene rings is 1. The average Bonchev–Trinajstić information content (AvgIpc) is 2.77. The van der Waals surface area contributed by atoms with Crippen LogP contribution in [-0.4, -0.2) is 51.5 Å². The smallest absolute Gasteiger partial charge is 0.410 e. The van der Waals surface area contributed by atoms with Gasteiger partial charge in [-0.2, -0.15) is 0 Å². The minimum atomic E-state index is -0.974. The van der Waals surface area contributed by atoms with Crippen molar-refractivity contribution in [3.05, 3.63) is 59.9 Å². The normalized spacial score (nSPS) is 17.1. The van der Waals surface area contributed by atoms with Crippen molar-refractivity contribution in [1.82, 2.24) is 9.88 Å². The van der Waals surface area contributed by atoms with Crippen LogP contribution < -0.4 is 4.74 Å². The largest absolute Gasteiger partial charge is 0.489 e. The Kier molecular flexibility index (Phi) is 7.18. The van der Waals surface area contributed by atoms with E-state index in [9.17, 15) is 15.0 Å². The second-order valence-electron chi connectivity index (χ2n) is 9.08. The van der Waals surface area contributed by atoms with Gasteiger partial charge in [0, 0.05) is 30.8 Å². The van der Waals surface area contributed by atoms with E-state index in [1.165, 1.54) is 0 Å². The van der Waals surface area contributed by atoms with Gasteiger partial charge in [0.05, 0.1) is 12.3 Å². The highest BCUT2D eigenvalue weighted by molar-refractivity contribution is 5.68. The van der Waals surface area contributed by atoms with Crippen LogP contribution in [0.4, 0.5) is 4.79 Å². The van der Waals surface area contributed by atoms with E-state index < -0.39 is 17.1 Å². The lowest BCUT2D eigenvalue weighted by molar-refractivity contribution is -0.0649. The van der Waals surface area contributed by atoms with Gasteiger partial charge >= 0.3 is 6.09 Å². The number of likely N-dealkylation sites (tertiary alicyclic amines) is 1. The molecule has 1 fully saturated rings. The van der Waals surface area contributed by atoms with E-state index in [1.54, 1.807) is 23.2 Å². The van der Waals surface area contributed by atoms with E-state index in [2.05, 4.69) is 4.98 Å². The fraction of sp³-hybridized carbons (Fsp3) is 0.500. The number of pyridine rings is 1. The van der Waals surface area contributed by atoms with Gasteiger partial charge in [-0.1, -0.05) is 30.3 Å². The molecule has 1 aromatic carbocycles. The summed E-state index contributed by atoms with van der Waals surface area (Å²) >= 11 is 0. The van der Waals surface area contributed by atoms with Crippen LogP contribution in [0.2, 0.25) is 0 Å². The molecule has 1 aromatic heterocycles. The van der Waals surface area contributed by atoms with Crippen molar-refractivity contribution in [3.8, 4) is 5.75 Å².